The van der Waals surface area contributed by atoms with E-state index in [4.69, 9.17) is 0 Å². The van der Waals surface area contributed by atoms with Crippen molar-refractivity contribution in [2.24, 2.45) is 0 Å². The molecule has 0 unspecified atom stereocenters. The number of nitrogens with one attached hydrogen (secondary N) is 3. The topological polar surface area (TPSA) is 86.5 Å². The minimum Gasteiger partial charge on any atom is -0.351 e. The van der Waals surface area contributed by atoms with E-state index in [1.807, 2.05) is 18.2 Å². The van der Waals surface area contributed by atoms with Crippen molar-refractivity contribution in [3.8, 4) is 0 Å². The van der Waals surface area contributed by atoms with E-state index in [0.717, 1.165) is 16.5 Å². The first-order valence-corrected chi connectivity index (χ1v) is 7.48. The van der Waals surface area contributed by atoms with Crippen LogP contribution in [0.15, 0.2) is 24.3 Å². The quantitative estimate of drug-likeness (QED) is 0.655. The normalized spacial score (nSPS) is 12.6. The second kappa shape index (κ2) is 5.61. The molecule has 3 rings (SSSR count). The molecule has 3 aromatic rings. The van der Waals surface area contributed by atoms with Gasteiger partial charge in [-0.3, -0.25) is 15.2 Å². The van der Waals surface area contributed by atoms with Gasteiger partial charge in [0.1, 0.15) is 5.69 Å². The maximum absolute atomic E-state index is 12.5. The Morgan fingerprint density at radius 1 is 1.16 bits per heavy atom. The van der Waals surface area contributed by atoms with Gasteiger partial charge in [-0.15, -0.1) is 5.10 Å². The number of halogens is 3. The van der Waals surface area contributed by atoms with Crippen LogP contribution in [0.4, 0.5) is 19.1 Å². The van der Waals surface area contributed by atoms with Gasteiger partial charge in [-0.1, -0.05) is 32.9 Å². The van der Waals surface area contributed by atoms with Crippen LogP contribution in [0.25, 0.3) is 10.9 Å². The molecule has 0 spiro atoms. The van der Waals surface area contributed by atoms with Crippen LogP contribution in [0.5, 0.6) is 0 Å². The number of carbonyl (C=O) groups is 1. The summed E-state index contributed by atoms with van der Waals surface area (Å²) in [6.45, 7) is 6.23. The van der Waals surface area contributed by atoms with Crippen molar-refractivity contribution in [3.63, 3.8) is 0 Å². The summed E-state index contributed by atoms with van der Waals surface area (Å²) in [7, 11) is 0. The van der Waals surface area contributed by atoms with E-state index < -0.39 is 23.9 Å². The van der Waals surface area contributed by atoms with Gasteiger partial charge < -0.3 is 4.98 Å². The van der Waals surface area contributed by atoms with Crippen molar-refractivity contribution in [2.45, 2.75) is 32.4 Å². The van der Waals surface area contributed by atoms with Crippen molar-refractivity contribution in [3.05, 3.63) is 41.3 Å². The largest absolute Gasteiger partial charge is 0.451 e. The summed E-state index contributed by atoms with van der Waals surface area (Å²) in [5.74, 6) is -2.33. The Kier molecular flexibility index (Phi) is 3.81. The fourth-order valence-corrected chi connectivity index (χ4v) is 2.33. The third-order valence-corrected chi connectivity index (χ3v) is 3.71. The van der Waals surface area contributed by atoms with Crippen molar-refractivity contribution in [2.75, 3.05) is 5.32 Å². The van der Waals surface area contributed by atoms with Crippen LogP contribution < -0.4 is 5.32 Å². The number of hydrogen-bond acceptors (Lipinski definition) is 3. The molecule has 1 amide bonds. The summed E-state index contributed by atoms with van der Waals surface area (Å²) >= 11 is 0. The summed E-state index contributed by atoms with van der Waals surface area (Å²) < 4.78 is 37.4. The molecule has 3 N–H and O–H groups in total. The van der Waals surface area contributed by atoms with Crippen LogP contribution in [0.1, 0.15) is 42.6 Å². The van der Waals surface area contributed by atoms with Crippen molar-refractivity contribution < 1.29 is 18.0 Å². The Balaban J connectivity index is 1.84. The number of carbonyl (C=O) groups excluding carboxylic acids is 1. The zero-order chi connectivity index (χ0) is 18.4. The van der Waals surface area contributed by atoms with Crippen LogP contribution >= 0.6 is 0 Å². The molecule has 1 aromatic carbocycles. The van der Waals surface area contributed by atoms with Crippen LogP contribution in [0, 0.1) is 0 Å². The fraction of sp³-hybridized carbons (Fsp3) is 0.312. The molecule has 9 heteroatoms. The number of nitrogens with zero attached hydrogens (tertiary/aromatic N) is 2. The highest BCUT2D eigenvalue weighted by Gasteiger charge is 2.35. The predicted octanol–water partition coefficient (Wildman–Crippen LogP) is 3.85. The van der Waals surface area contributed by atoms with Crippen LogP contribution in [0.3, 0.4) is 0 Å². The third kappa shape index (κ3) is 3.49. The first-order chi connectivity index (χ1) is 11.5. The van der Waals surface area contributed by atoms with Gasteiger partial charge in [0.25, 0.3) is 5.91 Å². The van der Waals surface area contributed by atoms with E-state index >= 15 is 0 Å². The lowest BCUT2D eigenvalue weighted by molar-refractivity contribution is -0.144. The molecular formula is C16H16F3N5O. The standard InChI is InChI=1S/C16H16F3N5O/c1-15(2,3)9-5-4-8-6-11(20-10(8)7-9)12(25)21-14-22-13(23-24-14)16(17,18)19/h4-7,20H,1-3H3,(H2,21,22,23,24,25). The molecular weight excluding hydrogens is 335 g/mol. The minimum absolute atomic E-state index is 0.0469. The summed E-state index contributed by atoms with van der Waals surface area (Å²) in [4.78, 5) is 18.4. The maximum Gasteiger partial charge on any atom is 0.451 e. The average molecular weight is 351 g/mol. The van der Waals surface area contributed by atoms with Gasteiger partial charge in [-0.05, 0) is 23.1 Å². The second-order valence-electron chi connectivity index (χ2n) is 6.69. The highest BCUT2D eigenvalue weighted by molar-refractivity contribution is 6.05. The molecule has 0 saturated heterocycles. The number of H-pyrrole nitrogens is 2. The van der Waals surface area contributed by atoms with Crippen LogP contribution in [-0.2, 0) is 11.6 Å². The molecule has 0 radical (unpaired) electrons. The number of hydrogen-bond donors (Lipinski definition) is 3. The average Bonchev–Trinajstić information content (AvgIpc) is 3.10. The molecule has 6 nitrogen and oxygen atoms in total. The number of aromatic nitrogens is 4. The van der Waals surface area contributed by atoms with Gasteiger partial charge in [-0.25, -0.2) is 0 Å². The minimum atomic E-state index is -4.65. The lowest BCUT2D eigenvalue weighted by atomic mass is 9.87. The fourth-order valence-electron chi connectivity index (χ4n) is 2.33. The van der Waals surface area contributed by atoms with Crippen molar-refractivity contribution in [1.82, 2.24) is 20.2 Å². The highest BCUT2D eigenvalue weighted by Crippen LogP contribution is 2.27. The first-order valence-electron chi connectivity index (χ1n) is 7.48. The summed E-state index contributed by atoms with van der Waals surface area (Å²) in [5, 5.41) is 8.14. The first kappa shape index (κ1) is 17.0. The molecule has 0 atom stereocenters. The molecule has 25 heavy (non-hydrogen) atoms. The van der Waals surface area contributed by atoms with E-state index in [-0.39, 0.29) is 11.1 Å². The molecule has 0 aliphatic rings. The Morgan fingerprint density at radius 2 is 1.88 bits per heavy atom. The predicted molar refractivity (Wildman–Crippen MR) is 86.3 cm³/mol. The van der Waals surface area contributed by atoms with Crippen molar-refractivity contribution in [1.29, 1.82) is 0 Å². The number of aromatic amines is 2. The Hall–Kier alpha value is -2.84. The van der Waals surface area contributed by atoms with Gasteiger partial charge in [-0.2, -0.15) is 18.2 Å². The number of benzene rings is 1. The number of rotatable bonds is 2. The lowest BCUT2D eigenvalue weighted by Gasteiger charge is -2.18. The molecule has 2 heterocycles. The van der Waals surface area contributed by atoms with Crippen molar-refractivity contribution >= 4 is 22.8 Å². The van der Waals surface area contributed by atoms with E-state index in [2.05, 4.69) is 41.2 Å². The molecule has 132 valence electrons. The molecule has 0 aliphatic carbocycles. The van der Waals surface area contributed by atoms with E-state index in [1.165, 1.54) is 0 Å². The number of amides is 1. The lowest BCUT2D eigenvalue weighted by Crippen LogP contribution is -2.14. The summed E-state index contributed by atoms with van der Waals surface area (Å²) in [6, 6.07) is 7.43. The van der Waals surface area contributed by atoms with Crippen LogP contribution in [-0.4, -0.2) is 26.1 Å². The Bertz CT molecular complexity index is 933. The number of anilines is 1. The van der Waals surface area contributed by atoms with E-state index in [9.17, 15) is 18.0 Å². The van der Waals surface area contributed by atoms with E-state index in [0.29, 0.717) is 0 Å². The Labute approximate surface area is 140 Å². The number of alkyl halides is 3. The molecule has 2 aromatic heterocycles. The molecule has 0 bridgehead atoms. The molecule has 0 aliphatic heterocycles. The zero-order valence-corrected chi connectivity index (χ0v) is 13.7. The van der Waals surface area contributed by atoms with Gasteiger partial charge in [0.05, 0.1) is 0 Å². The zero-order valence-electron chi connectivity index (χ0n) is 13.7. The molecule has 0 saturated carbocycles. The maximum atomic E-state index is 12.5. The second-order valence-corrected chi connectivity index (χ2v) is 6.69. The highest BCUT2D eigenvalue weighted by atomic mass is 19.4. The van der Waals surface area contributed by atoms with Gasteiger partial charge in [0.15, 0.2) is 0 Å². The SMILES string of the molecule is CC(C)(C)c1ccc2cc(C(=O)Nc3n[nH]c(C(F)(F)F)n3)[nH]c2c1. The Morgan fingerprint density at radius 3 is 2.48 bits per heavy atom. The van der Waals surface area contributed by atoms with Crippen LogP contribution in [0.2, 0.25) is 0 Å². The third-order valence-electron chi connectivity index (χ3n) is 3.71. The number of fused-ring (bicyclic) bond motifs is 1. The van der Waals surface area contributed by atoms with Gasteiger partial charge >= 0.3 is 6.18 Å². The molecule has 0 fully saturated rings. The smallest absolute Gasteiger partial charge is 0.351 e. The van der Waals surface area contributed by atoms with E-state index in [1.54, 1.807) is 11.2 Å². The summed E-state index contributed by atoms with van der Waals surface area (Å²) in [6.07, 6.45) is -4.65. The van der Waals surface area contributed by atoms with Gasteiger partial charge in [0.2, 0.25) is 11.8 Å². The summed E-state index contributed by atoms with van der Waals surface area (Å²) in [5.41, 5.74) is 2.02. The monoisotopic (exact) mass is 351 g/mol. The van der Waals surface area contributed by atoms with Gasteiger partial charge in [0, 0.05) is 10.9 Å².